The fourth-order valence-corrected chi connectivity index (χ4v) is 12.3. The number of ether oxygens (including phenoxy) is 1. The van der Waals surface area contributed by atoms with Crippen LogP contribution in [-0.4, -0.2) is 169 Å². The van der Waals surface area contributed by atoms with Gasteiger partial charge in [0.1, 0.15) is 19.7 Å². The summed E-state index contributed by atoms with van der Waals surface area (Å²) in [6.45, 7) is 45.0. The van der Waals surface area contributed by atoms with Crippen LogP contribution in [0.2, 0.25) is 24.7 Å². The first kappa shape index (κ1) is 120. The molecule has 678 valence electrons. The van der Waals surface area contributed by atoms with Crippen molar-refractivity contribution in [3.8, 4) is 5.69 Å². The predicted molar refractivity (Wildman–Crippen MR) is 502 cm³/mol. The molecule has 3 atom stereocenters. The van der Waals surface area contributed by atoms with Gasteiger partial charge in [-0.05, 0) is 276 Å². The minimum absolute atomic E-state index is 0. The number of hydrogen-bond acceptors (Lipinski definition) is 17. The molecule has 1 unspecified atom stereocenters. The summed E-state index contributed by atoms with van der Waals surface area (Å²) < 4.78 is 78.8. The molecule has 3 aromatic carbocycles. The van der Waals surface area contributed by atoms with Crippen LogP contribution in [0.4, 0.5) is 25.0 Å². The number of nitrogens with two attached hydrogens (primary N) is 2. The number of carboxylic acids is 1. The second-order valence-corrected chi connectivity index (χ2v) is 46.8. The molecule has 0 saturated heterocycles. The molecule has 0 bridgehead atoms. The van der Waals surface area contributed by atoms with Crippen molar-refractivity contribution in [1.82, 2.24) is 34.8 Å². The van der Waals surface area contributed by atoms with E-state index in [9.17, 15) is 41.2 Å². The van der Waals surface area contributed by atoms with Gasteiger partial charge in [-0.2, -0.15) is 23.3 Å². The fourth-order valence-electron chi connectivity index (χ4n) is 9.64. The van der Waals surface area contributed by atoms with Gasteiger partial charge >= 0.3 is 44.0 Å². The average Bonchev–Trinajstić information content (AvgIpc) is 1.29. The van der Waals surface area contributed by atoms with Crippen LogP contribution < -0.4 is 25.5 Å². The number of carboxylic acid groups (broad SMARTS) is 1. The Labute approximate surface area is 778 Å². The number of anilines is 2. The van der Waals surface area contributed by atoms with Gasteiger partial charge in [0.25, 0.3) is 0 Å². The van der Waals surface area contributed by atoms with E-state index in [1.807, 2.05) is 104 Å². The van der Waals surface area contributed by atoms with E-state index in [1.54, 1.807) is 175 Å². The van der Waals surface area contributed by atoms with Crippen LogP contribution in [0.5, 0.6) is 0 Å². The molecule has 4 aromatic heterocycles. The van der Waals surface area contributed by atoms with Gasteiger partial charge in [0.05, 0.1) is 54.1 Å². The third-order valence-electron chi connectivity index (χ3n) is 16.8. The van der Waals surface area contributed by atoms with Gasteiger partial charge in [-0.15, -0.1) is 23.0 Å². The van der Waals surface area contributed by atoms with E-state index in [-0.39, 0.29) is 127 Å². The second-order valence-electron chi connectivity index (χ2n) is 35.6. The molecule has 11 N–H and O–H groups in total. The van der Waals surface area contributed by atoms with E-state index in [0.29, 0.717) is 29.4 Å². The number of amides is 1. The number of rotatable bonds is 22. The van der Waals surface area contributed by atoms with E-state index in [2.05, 4.69) is 60.5 Å². The summed E-state index contributed by atoms with van der Waals surface area (Å²) in [6, 6.07) is 32.4. The third kappa shape index (κ3) is 54.2. The molecule has 4 heterocycles. The quantitative estimate of drug-likeness (QED) is 0.0100. The van der Waals surface area contributed by atoms with Crippen LogP contribution >= 0.6 is 17.0 Å². The van der Waals surface area contributed by atoms with E-state index < -0.39 is 72.8 Å². The van der Waals surface area contributed by atoms with Crippen molar-refractivity contribution in [2.75, 3.05) is 17.3 Å². The van der Waals surface area contributed by atoms with Crippen LogP contribution in [0.1, 0.15) is 266 Å². The number of carbonyl (C=O) groups excluding carboxylic acids is 2. The molecule has 122 heavy (non-hydrogen) atoms. The normalized spacial score (nSPS) is 13.8. The monoisotopic (exact) mass is 1880 g/mol. The van der Waals surface area contributed by atoms with E-state index >= 15 is 0 Å². The maximum absolute atomic E-state index is 13.8. The molecule has 0 aliphatic heterocycles. The van der Waals surface area contributed by atoms with E-state index in [0.717, 1.165) is 71.0 Å². The zero-order chi connectivity index (χ0) is 91.0. The maximum atomic E-state index is 13.8. The Bertz CT molecular complexity index is 4200. The standard InChI is InChI=1S/C21H28FN3OS.C17H21N3O4.C15H22N2OSi.C11H13NO.C10H15FNSi.C4H11NOS.4C3H8O.BrH.Mg.Ti.H/c1-20(2,3)27(26)25-21(11-8-15-4-5-15,16-9-12-24-13-10-16)17-6-7-18(22)19(23)14-17;1-11-8-14(15(21)22)20(19-11)13-7-5-6-12(9-13)10-18-16(23)24-17(2,3)4;1-15(2,3)19(18)17-14(7-6-12-4-5-12)13-8-10-16-11-9-13;13-11(4-3-9-1-2-9)10-5-7-12-8-6-10;1-12(13(2,3)4)10-8-6-5-7-9(10)11;1-4(2,3)7(5)6;4*1-3(2)4;;;;/h6-7,9-10,12-15,25H,4-5,8,11,23H2,1-3H3;5-9H,10H2,1-4H3,(H,18,23)(H,21,22);8-12H,4-7H2,1-3H3;5-9H,1-4H2;5,7-8H,1-4H3;5H2,1-3H3;4*3-4H,1-2H3;1H;;;/q;;;;-1;;;;;;;+2;;-1/t21?,27-;;;;;7-;;;;;;;;/m0....0......../s1. The molecule has 0 spiro atoms. The number of ketones is 1. The van der Waals surface area contributed by atoms with Crippen molar-refractivity contribution in [3.63, 3.8) is 0 Å². The molecule has 7 aromatic rings. The Morgan fingerprint density at radius 3 is 1.54 bits per heavy atom. The van der Waals surface area contributed by atoms with Gasteiger partial charge < -0.3 is 51.8 Å². The number of hydrogen-bond donors (Lipinski definition) is 9. The van der Waals surface area contributed by atoms with Crippen LogP contribution in [0, 0.1) is 42.4 Å². The summed E-state index contributed by atoms with van der Waals surface area (Å²) >= 11 is 0. The fraction of sp³-hybridized carbons (Fsp3) is 0.556. The number of nitrogens with zero attached hydrogens (tertiary/aromatic N) is 7. The number of aromatic nitrogens is 5. The number of nitrogens with one attached hydrogen (secondary N) is 2. The molecule has 3 saturated carbocycles. The summed E-state index contributed by atoms with van der Waals surface area (Å²) in [5.41, 5.74) is 12.1. The number of nitrogen functional groups attached to an aromatic ring is 1. The van der Waals surface area contributed by atoms with Crippen LogP contribution in [0.3, 0.4) is 0 Å². The first-order chi connectivity index (χ1) is 55.0. The van der Waals surface area contributed by atoms with Crippen molar-refractivity contribution in [2.24, 2.45) is 27.6 Å². The molecular formula is C90H144BrF2MgN11O12S2Si2Ti. The molecule has 0 radical (unpaired) electrons. The second kappa shape index (κ2) is 59.2. The minimum Gasteiger partial charge on any atom is -1.00 e. The number of aromatic carboxylic acids is 1. The molecule has 3 aliphatic rings. The van der Waals surface area contributed by atoms with Gasteiger partial charge in [0, 0.05) is 118 Å². The number of carbonyl (C=O) groups is 3. The summed E-state index contributed by atoms with van der Waals surface area (Å²) in [6.07, 6.45) is 22.6. The summed E-state index contributed by atoms with van der Waals surface area (Å²) in [4.78, 5) is 46.6. The Kier molecular flexibility index (Phi) is 58.4. The average molecular weight is 1880 g/mol. The van der Waals surface area contributed by atoms with Crippen molar-refractivity contribution in [2.45, 2.75) is 299 Å². The van der Waals surface area contributed by atoms with Gasteiger partial charge in [0.15, 0.2) is 11.5 Å². The van der Waals surface area contributed by atoms with Crippen molar-refractivity contribution in [3.05, 3.63) is 197 Å². The Hall–Kier alpha value is -5.89. The van der Waals surface area contributed by atoms with E-state index in [1.165, 1.54) is 67.8 Å². The zero-order valence-corrected chi connectivity index (χ0v) is 85.4. The van der Waals surface area contributed by atoms with Crippen molar-refractivity contribution in [1.29, 1.82) is 0 Å². The number of aliphatic hydroxyl groups is 4. The molecule has 23 nitrogen and oxygen atoms in total. The van der Waals surface area contributed by atoms with Gasteiger partial charge in [0.2, 0.25) is 0 Å². The van der Waals surface area contributed by atoms with Gasteiger partial charge in [-0.1, -0.05) is 97.1 Å². The predicted octanol–water partition coefficient (Wildman–Crippen LogP) is 18.6. The maximum Gasteiger partial charge on any atom is 2.00 e. The van der Waals surface area contributed by atoms with E-state index in [4.69, 9.17) is 36.0 Å². The molecule has 3 fully saturated rings. The molecule has 10 rings (SSSR count). The SMILES string of the molecule is Br.CC(C)(C)[S@@](N)=O.CC(C)(C)[S@](=O)NC(CCC1CC1)(c1ccncc1)c1ccc(F)c(N)c1.CC(C)(C)[Si](=O)N=C(CCC1CC1)c1ccncc1.CC(C)O.CC(C)O.CC(C)O.CC(C)O.CN(c1c[c-]ccc1F)[Si](C)(C)C.Cc1cc(C(=O)O)n(-c2cccc(CNC(=O)OC(C)(C)C)c2)n1.O=C(CCC1CC1)c1ccncc1.[H-].[Mg+2].[Ti]. The van der Waals surface area contributed by atoms with Crippen molar-refractivity contribution < 1.29 is 89.5 Å². The summed E-state index contributed by atoms with van der Waals surface area (Å²) in [7, 11) is -3.98. The third-order valence-corrected chi connectivity index (χ3v) is 23.6. The zero-order valence-electron chi connectivity index (χ0n) is 78.1. The number of aryl methyl sites for hydroxylation is 1. The van der Waals surface area contributed by atoms with Crippen LogP contribution in [-0.2, 0) is 65.0 Å². The van der Waals surface area contributed by atoms with Gasteiger partial charge in [-0.25, -0.2) is 36.2 Å². The summed E-state index contributed by atoms with van der Waals surface area (Å²) in [5, 5.41) is 53.2. The van der Waals surface area contributed by atoms with Crippen molar-refractivity contribution >= 4 is 114 Å². The number of benzene rings is 3. The Morgan fingerprint density at radius 2 is 1.13 bits per heavy atom. The number of halogens is 3. The molecule has 3 aliphatic carbocycles. The molecule has 1 amide bonds. The van der Waals surface area contributed by atoms with Crippen LogP contribution in [0.15, 0.2) is 145 Å². The number of pyridine rings is 3. The number of Topliss-reactive ketones (excluding diaryl/α,β-unsaturated/α-hetero) is 1. The topological polar surface area (TPSA) is 361 Å². The Morgan fingerprint density at radius 1 is 0.680 bits per heavy atom. The van der Waals surface area contributed by atoms with Crippen LogP contribution in [0.25, 0.3) is 5.69 Å². The molecule has 32 heteroatoms. The minimum atomic E-state index is -1.96. The number of aliphatic hydroxyl groups excluding tert-OH is 4. The first-order valence-electron chi connectivity index (χ1n) is 40.8. The summed E-state index contributed by atoms with van der Waals surface area (Å²) in [5.74, 6) is 1.01. The largest absolute Gasteiger partial charge is 2.00 e. The Balaban J connectivity index is -0.000000681. The smallest absolute Gasteiger partial charge is 1.00 e. The number of alkyl carbamates (subject to hydrolysis) is 1. The first-order valence-corrected chi connectivity index (χ1v) is 47.9. The van der Waals surface area contributed by atoms with Gasteiger partial charge in [-0.3, -0.25) is 29.5 Å². The molecular weight excluding hydrogens is 1740 g/mol.